The third kappa shape index (κ3) is 9.67. The van der Waals surface area contributed by atoms with Crippen LogP contribution in [-0.4, -0.2) is 65.4 Å². The SMILES string of the molecule is CCNC(=NCCNS(=O)(=O)c1cccc([N+](=O)[O-])c1)NC(C)CCS(C)(=O)=O. The summed E-state index contributed by atoms with van der Waals surface area (Å²) in [5.41, 5.74) is -0.312. The molecule has 11 nitrogen and oxygen atoms in total. The van der Waals surface area contributed by atoms with Gasteiger partial charge in [0.2, 0.25) is 10.0 Å². The smallest absolute Gasteiger partial charge is 0.270 e. The molecule has 0 radical (unpaired) electrons. The van der Waals surface area contributed by atoms with Crippen LogP contribution >= 0.6 is 0 Å². The summed E-state index contributed by atoms with van der Waals surface area (Å²) >= 11 is 0. The van der Waals surface area contributed by atoms with E-state index in [0.717, 1.165) is 6.07 Å². The molecule has 13 heteroatoms. The van der Waals surface area contributed by atoms with Crippen LogP contribution in [-0.2, 0) is 19.9 Å². The summed E-state index contributed by atoms with van der Waals surface area (Å²) in [6.45, 7) is 4.36. The van der Waals surface area contributed by atoms with Crippen LogP contribution in [0.4, 0.5) is 5.69 Å². The number of sulfonamides is 1. The quantitative estimate of drug-likeness (QED) is 0.142. The second-order valence-corrected chi connectivity index (χ2v) is 10.4. The molecule has 0 aromatic heterocycles. The predicted molar refractivity (Wildman–Crippen MR) is 111 cm³/mol. The summed E-state index contributed by atoms with van der Waals surface area (Å²) in [4.78, 5) is 14.2. The third-order valence-corrected chi connectivity index (χ3v) is 6.10. The van der Waals surface area contributed by atoms with Crippen molar-refractivity contribution in [1.29, 1.82) is 0 Å². The van der Waals surface area contributed by atoms with Crippen LogP contribution in [0.2, 0.25) is 0 Å². The zero-order chi connectivity index (χ0) is 22.1. The van der Waals surface area contributed by atoms with Crippen molar-refractivity contribution >= 4 is 31.5 Å². The van der Waals surface area contributed by atoms with Crippen molar-refractivity contribution in [3.63, 3.8) is 0 Å². The molecule has 0 fully saturated rings. The maximum atomic E-state index is 12.3. The summed E-state index contributed by atoms with van der Waals surface area (Å²) in [7, 11) is -6.96. The molecule has 0 heterocycles. The molecule has 0 spiro atoms. The van der Waals surface area contributed by atoms with Gasteiger partial charge in [-0.1, -0.05) is 6.07 Å². The highest BCUT2D eigenvalue weighted by atomic mass is 32.2. The first-order valence-corrected chi connectivity index (χ1v) is 12.5. The van der Waals surface area contributed by atoms with E-state index in [2.05, 4.69) is 20.3 Å². The van der Waals surface area contributed by atoms with Crippen molar-refractivity contribution < 1.29 is 21.8 Å². The second kappa shape index (κ2) is 11.1. The molecule has 0 aliphatic heterocycles. The third-order valence-electron chi connectivity index (χ3n) is 3.66. The molecule has 0 saturated heterocycles. The standard InChI is InChI=1S/C16H27N5O6S2/c1-4-17-16(20-13(2)8-11-28(3,24)25)18-9-10-19-29(26,27)15-7-5-6-14(12-15)21(22)23/h5-7,12-13,19H,4,8-11H2,1-3H3,(H2,17,18,20). The minimum absolute atomic E-state index is 0.0146. The maximum Gasteiger partial charge on any atom is 0.270 e. The highest BCUT2D eigenvalue weighted by Crippen LogP contribution is 2.16. The summed E-state index contributed by atoms with van der Waals surface area (Å²) in [6, 6.07) is 4.62. The van der Waals surface area contributed by atoms with Crippen LogP contribution in [0.15, 0.2) is 34.2 Å². The molecule has 3 N–H and O–H groups in total. The number of hydrogen-bond acceptors (Lipinski definition) is 7. The van der Waals surface area contributed by atoms with Gasteiger partial charge in [0.1, 0.15) is 9.84 Å². The number of nitrogens with zero attached hydrogens (tertiary/aromatic N) is 2. The largest absolute Gasteiger partial charge is 0.357 e. The number of hydrogen-bond donors (Lipinski definition) is 3. The average molecular weight is 450 g/mol. The monoisotopic (exact) mass is 449 g/mol. The lowest BCUT2D eigenvalue weighted by Gasteiger charge is -2.17. The summed E-state index contributed by atoms with van der Waals surface area (Å²) in [5, 5.41) is 16.9. The molecule has 0 bridgehead atoms. The van der Waals surface area contributed by atoms with Crippen molar-refractivity contribution in [3.8, 4) is 0 Å². The molecule has 1 atom stereocenters. The van der Waals surface area contributed by atoms with E-state index >= 15 is 0 Å². The number of nitro benzene ring substituents is 1. The van der Waals surface area contributed by atoms with E-state index in [4.69, 9.17) is 0 Å². The predicted octanol–water partition coefficient (Wildman–Crippen LogP) is 0.251. The minimum Gasteiger partial charge on any atom is -0.357 e. The van der Waals surface area contributed by atoms with Crippen molar-refractivity contribution in [1.82, 2.24) is 15.4 Å². The number of benzene rings is 1. The molecule has 0 saturated carbocycles. The Morgan fingerprint density at radius 3 is 2.55 bits per heavy atom. The van der Waals surface area contributed by atoms with Gasteiger partial charge in [0.25, 0.3) is 5.69 Å². The molecule has 1 aromatic rings. The van der Waals surface area contributed by atoms with Crippen molar-refractivity contribution in [2.24, 2.45) is 4.99 Å². The van der Waals surface area contributed by atoms with Crippen LogP contribution in [0.25, 0.3) is 0 Å². The molecule has 29 heavy (non-hydrogen) atoms. The molecular weight excluding hydrogens is 422 g/mol. The van der Waals surface area contributed by atoms with Gasteiger partial charge in [-0.2, -0.15) is 0 Å². The Morgan fingerprint density at radius 2 is 1.97 bits per heavy atom. The lowest BCUT2D eigenvalue weighted by Crippen LogP contribution is -2.43. The van der Waals surface area contributed by atoms with Gasteiger partial charge in [0.05, 0.1) is 22.1 Å². The van der Waals surface area contributed by atoms with E-state index in [1.807, 2.05) is 13.8 Å². The molecule has 0 aliphatic carbocycles. The zero-order valence-corrected chi connectivity index (χ0v) is 18.2. The average Bonchev–Trinajstić information content (AvgIpc) is 2.63. The molecule has 1 unspecified atom stereocenters. The maximum absolute atomic E-state index is 12.3. The first-order valence-electron chi connectivity index (χ1n) is 8.91. The van der Waals surface area contributed by atoms with E-state index in [1.54, 1.807) is 0 Å². The van der Waals surface area contributed by atoms with Gasteiger partial charge in [0, 0.05) is 37.5 Å². The van der Waals surface area contributed by atoms with Crippen LogP contribution in [0, 0.1) is 10.1 Å². The zero-order valence-electron chi connectivity index (χ0n) is 16.6. The van der Waals surface area contributed by atoms with Crippen LogP contribution < -0.4 is 15.4 Å². The van der Waals surface area contributed by atoms with Crippen LogP contribution in [0.1, 0.15) is 20.3 Å². The summed E-state index contributed by atoms with van der Waals surface area (Å²) in [6.07, 6.45) is 1.58. The first kappa shape index (κ1) is 24.8. The number of aliphatic imine (C=N–C) groups is 1. The van der Waals surface area contributed by atoms with E-state index < -0.39 is 24.8 Å². The number of non-ortho nitro benzene ring substituents is 1. The summed E-state index contributed by atoms with van der Waals surface area (Å²) in [5.74, 6) is 0.479. The Hall–Kier alpha value is -2.25. The van der Waals surface area contributed by atoms with E-state index in [-0.39, 0.29) is 35.5 Å². The Labute approximate surface area is 171 Å². The van der Waals surface area contributed by atoms with Gasteiger partial charge in [-0.3, -0.25) is 15.1 Å². The van der Waals surface area contributed by atoms with Gasteiger partial charge >= 0.3 is 0 Å². The van der Waals surface area contributed by atoms with Crippen molar-refractivity contribution in [3.05, 3.63) is 34.4 Å². The fourth-order valence-corrected chi connectivity index (χ4v) is 4.05. The molecule has 0 aliphatic rings. The van der Waals surface area contributed by atoms with Crippen LogP contribution in [0.5, 0.6) is 0 Å². The van der Waals surface area contributed by atoms with Gasteiger partial charge in [-0.15, -0.1) is 0 Å². The van der Waals surface area contributed by atoms with Gasteiger partial charge in [0.15, 0.2) is 5.96 Å². The molecule has 164 valence electrons. The molecule has 1 rings (SSSR count). The normalized spacial score (nSPS) is 13.7. The Bertz CT molecular complexity index is 931. The van der Waals surface area contributed by atoms with Crippen molar-refractivity contribution in [2.45, 2.75) is 31.2 Å². The number of rotatable bonds is 11. The fourth-order valence-electron chi connectivity index (χ4n) is 2.21. The van der Waals surface area contributed by atoms with Gasteiger partial charge < -0.3 is 10.6 Å². The number of guanidine groups is 1. The van der Waals surface area contributed by atoms with E-state index in [9.17, 15) is 26.9 Å². The molecule has 0 amide bonds. The Kier molecular flexibility index (Phi) is 9.46. The second-order valence-electron chi connectivity index (χ2n) is 6.38. The number of nitrogens with one attached hydrogen (secondary N) is 3. The number of sulfone groups is 1. The number of nitro groups is 1. The molecular formula is C16H27N5O6S2. The lowest BCUT2D eigenvalue weighted by atomic mass is 10.3. The Morgan fingerprint density at radius 1 is 1.28 bits per heavy atom. The van der Waals surface area contributed by atoms with Crippen LogP contribution in [0.3, 0.4) is 0 Å². The highest BCUT2D eigenvalue weighted by Gasteiger charge is 2.17. The molecule has 1 aromatic carbocycles. The van der Waals surface area contributed by atoms with Gasteiger partial charge in [-0.25, -0.2) is 21.6 Å². The minimum atomic E-state index is -3.91. The highest BCUT2D eigenvalue weighted by molar-refractivity contribution is 7.90. The lowest BCUT2D eigenvalue weighted by molar-refractivity contribution is -0.385. The van der Waals surface area contributed by atoms with Gasteiger partial charge in [-0.05, 0) is 26.3 Å². The van der Waals surface area contributed by atoms with E-state index in [1.165, 1.54) is 24.5 Å². The topological polar surface area (TPSA) is 160 Å². The fraction of sp³-hybridized carbons (Fsp3) is 0.562. The first-order chi connectivity index (χ1) is 13.4. The summed E-state index contributed by atoms with van der Waals surface area (Å²) < 4.78 is 49.4. The van der Waals surface area contributed by atoms with E-state index in [0.29, 0.717) is 18.9 Å². The van der Waals surface area contributed by atoms with Crippen molar-refractivity contribution in [2.75, 3.05) is 31.6 Å². The Balaban J connectivity index is 2.65.